The zero-order valence-electron chi connectivity index (χ0n) is 12.7. The van der Waals surface area contributed by atoms with Crippen LogP contribution in [0.3, 0.4) is 0 Å². The predicted octanol–water partition coefficient (Wildman–Crippen LogP) is 4.47. The number of hydrogen-bond donors (Lipinski definition) is 1. The molecule has 112 valence electrons. The van der Waals surface area contributed by atoms with E-state index in [4.69, 9.17) is 11.6 Å². The van der Waals surface area contributed by atoms with Gasteiger partial charge < -0.3 is 5.32 Å². The molecule has 20 heavy (non-hydrogen) atoms. The standard InChI is InChI=1S/C17H27ClN2/c1-3-8-20-17(15-6-5-13(4-2)10-15)11-14-7-9-19-12-16(14)18/h7,9,12-13,15,17,20H,3-6,8,10-11H2,1-2H3. The van der Waals surface area contributed by atoms with Crippen LogP contribution in [0.4, 0.5) is 0 Å². The maximum atomic E-state index is 6.27. The molecule has 0 bridgehead atoms. The zero-order chi connectivity index (χ0) is 14.4. The molecule has 0 spiro atoms. The molecule has 1 fully saturated rings. The summed E-state index contributed by atoms with van der Waals surface area (Å²) in [6.45, 7) is 5.65. The molecule has 0 aromatic carbocycles. The summed E-state index contributed by atoms with van der Waals surface area (Å²) in [5.74, 6) is 1.73. The third-order valence-corrected chi connectivity index (χ3v) is 5.02. The first kappa shape index (κ1) is 15.8. The van der Waals surface area contributed by atoms with Crippen LogP contribution in [0.25, 0.3) is 0 Å². The van der Waals surface area contributed by atoms with E-state index >= 15 is 0 Å². The van der Waals surface area contributed by atoms with E-state index in [0.717, 1.165) is 29.8 Å². The van der Waals surface area contributed by atoms with Crippen molar-refractivity contribution in [3.05, 3.63) is 29.0 Å². The van der Waals surface area contributed by atoms with Gasteiger partial charge in [-0.15, -0.1) is 0 Å². The maximum absolute atomic E-state index is 6.27. The molecule has 1 aromatic rings. The minimum Gasteiger partial charge on any atom is -0.313 e. The Hall–Kier alpha value is -0.600. The fourth-order valence-electron chi connectivity index (χ4n) is 3.39. The van der Waals surface area contributed by atoms with E-state index in [-0.39, 0.29) is 0 Å². The van der Waals surface area contributed by atoms with Gasteiger partial charge in [0.1, 0.15) is 0 Å². The largest absolute Gasteiger partial charge is 0.313 e. The number of hydrogen-bond acceptors (Lipinski definition) is 2. The summed E-state index contributed by atoms with van der Waals surface area (Å²) in [7, 11) is 0. The number of pyridine rings is 1. The van der Waals surface area contributed by atoms with E-state index in [1.807, 2.05) is 6.20 Å². The van der Waals surface area contributed by atoms with E-state index in [9.17, 15) is 0 Å². The molecule has 0 aliphatic heterocycles. The van der Waals surface area contributed by atoms with Gasteiger partial charge in [-0.1, -0.05) is 38.3 Å². The third kappa shape index (κ3) is 4.20. The Morgan fingerprint density at radius 2 is 2.25 bits per heavy atom. The normalized spacial score (nSPS) is 23.9. The van der Waals surface area contributed by atoms with Gasteiger partial charge in [-0.25, -0.2) is 0 Å². The molecule has 3 atom stereocenters. The SMILES string of the molecule is CCCNC(Cc1ccncc1Cl)C1CCC(CC)C1. The van der Waals surface area contributed by atoms with Crippen molar-refractivity contribution in [1.29, 1.82) is 0 Å². The van der Waals surface area contributed by atoms with E-state index in [1.165, 1.54) is 37.7 Å². The highest BCUT2D eigenvalue weighted by Crippen LogP contribution is 2.36. The van der Waals surface area contributed by atoms with Gasteiger partial charge in [0, 0.05) is 18.4 Å². The van der Waals surface area contributed by atoms with Crippen LogP contribution in [-0.4, -0.2) is 17.6 Å². The molecule has 1 saturated carbocycles. The number of nitrogens with zero attached hydrogens (tertiary/aromatic N) is 1. The summed E-state index contributed by atoms with van der Waals surface area (Å²) in [5.41, 5.74) is 1.23. The monoisotopic (exact) mass is 294 g/mol. The first-order valence-corrected chi connectivity index (χ1v) is 8.44. The maximum Gasteiger partial charge on any atom is 0.0621 e. The van der Waals surface area contributed by atoms with Gasteiger partial charge in [0.2, 0.25) is 0 Å². The molecule has 0 radical (unpaired) electrons. The van der Waals surface area contributed by atoms with Gasteiger partial charge in [-0.3, -0.25) is 4.98 Å². The van der Waals surface area contributed by atoms with Gasteiger partial charge in [0.25, 0.3) is 0 Å². The van der Waals surface area contributed by atoms with E-state index in [1.54, 1.807) is 6.20 Å². The van der Waals surface area contributed by atoms with Gasteiger partial charge in [-0.05, 0) is 55.7 Å². The van der Waals surface area contributed by atoms with Crippen molar-refractivity contribution in [3.63, 3.8) is 0 Å². The number of halogens is 1. The van der Waals surface area contributed by atoms with Crippen LogP contribution in [0.1, 0.15) is 51.5 Å². The van der Waals surface area contributed by atoms with Crippen LogP contribution in [0, 0.1) is 11.8 Å². The Morgan fingerprint density at radius 3 is 2.90 bits per heavy atom. The van der Waals surface area contributed by atoms with Gasteiger partial charge in [0.15, 0.2) is 0 Å². The van der Waals surface area contributed by atoms with Crippen molar-refractivity contribution < 1.29 is 0 Å². The van der Waals surface area contributed by atoms with E-state index < -0.39 is 0 Å². The molecule has 1 aromatic heterocycles. The summed E-state index contributed by atoms with van der Waals surface area (Å²) in [6.07, 6.45) is 11.3. The second-order valence-corrected chi connectivity index (χ2v) is 6.49. The molecule has 0 saturated heterocycles. The smallest absolute Gasteiger partial charge is 0.0621 e. The molecule has 0 amide bonds. The Labute approximate surface area is 128 Å². The minimum absolute atomic E-state index is 0.561. The molecule has 1 heterocycles. The van der Waals surface area contributed by atoms with E-state index in [0.29, 0.717) is 6.04 Å². The lowest BCUT2D eigenvalue weighted by atomic mass is 9.91. The lowest BCUT2D eigenvalue weighted by Gasteiger charge is -2.25. The quantitative estimate of drug-likeness (QED) is 0.802. The summed E-state index contributed by atoms with van der Waals surface area (Å²) in [6, 6.07) is 2.63. The van der Waals surface area contributed by atoms with Crippen LogP contribution >= 0.6 is 11.6 Å². The Kier molecular flexibility index (Phi) is 6.31. The van der Waals surface area contributed by atoms with Crippen LogP contribution in [0.5, 0.6) is 0 Å². The molecule has 1 aliphatic rings. The van der Waals surface area contributed by atoms with Gasteiger partial charge in [0.05, 0.1) is 5.02 Å². The van der Waals surface area contributed by atoms with Crippen LogP contribution in [0.2, 0.25) is 5.02 Å². The van der Waals surface area contributed by atoms with Crippen molar-refractivity contribution in [2.24, 2.45) is 11.8 Å². The number of rotatable bonds is 7. The second kappa shape index (κ2) is 7.99. The van der Waals surface area contributed by atoms with E-state index in [2.05, 4.69) is 30.2 Å². The van der Waals surface area contributed by atoms with Crippen molar-refractivity contribution in [1.82, 2.24) is 10.3 Å². The Morgan fingerprint density at radius 1 is 1.40 bits per heavy atom. The Balaban J connectivity index is 2.02. The minimum atomic E-state index is 0.561. The first-order chi connectivity index (χ1) is 9.74. The second-order valence-electron chi connectivity index (χ2n) is 6.08. The fraction of sp³-hybridized carbons (Fsp3) is 0.706. The molecule has 2 rings (SSSR count). The molecule has 1 N–H and O–H groups in total. The third-order valence-electron chi connectivity index (χ3n) is 4.68. The lowest BCUT2D eigenvalue weighted by Crippen LogP contribution is -2.37. The average molecular weight is 295 g/mol. The summed E-state index contributed by atoms with van der Waals surface area (Å²) < 4.78 is 0. The summed E-state index contributed by atoms with van der Waals surface area (Å²) in [4.78, 5) is 4.08. The zero-order valence-corrected chi connectivity index (χ0v) is 13.5. The topological polar surface area (TPSA) is 24.9 Å². The lowest BCUT2D eigenvalue weighted by molar-refractivity contribution is 0.344. The van der Waals surface area contributed by atoms with Gasteiger partial charge >= 0.3 is 0 Å². The molecule has 2 nitrogen and oxygen atoms in total. The first-order valence-electron chi connectivity index (χ1n) is 8.06. The van der Waals surface area contributed by atoms with Crippen LogP contribution in [0.15, 0.2) is 18.5 Å². The fourth-order valence-corrected chi connectivity index (χ4v) is 3.59. The van der Waals surface area contributed by atoms with Crippen molar-refractivity contribution in [2.75, 3.05) is 6.54 Å². The molecule has 1 aliphatic carbocycles. The van der Waals surface area contributed by atoms with Crippen molar-refractivity contribution in [2.45, 2.75) is 58.4 Å². The van der Waals surface area contributed by atoms with Crippen molar-refractivity contribution >= 4 is 11.6 Å². The van der Waals surface area contributed by atoms with Crippen LogP contribution < -0.4 is 5.32 Å². The number of aromatic nitrogens is 1. The number of nitrogens with one attached hydrogen (secondary N) is 1. The average Bonchev–Trinajstić information content (AvgIpc) is 2.94. The highest BCUT2D eigenvalue weighted by molar-refractivity contribution is 6.31. The molecular weight excluding hydrogens is 268 g/mol. The predicted molar refractivity (Wildman–Crippen MR) is 86.2 cm³/mol. The summed E-state index contributed by atoms with van der Waals surface area (Å²) in [5, 5.41) is 4.56. The summed E-state index contributed by atoms with van der Waals surface area (Å²) >= 11 is 6.27. The molecular formula is C17H27ClN2. The van der Waals surface area contributed by atoms with Gasteiger partial charge in [-0.2, -0.15) is 0 Å². The Bertz CT molecular complexity index is 408. The molecule has 3 unspecified atom stereocenters. The molecule has 3 heteroatoms. The van der Waals surface area contributed by atoms with Crippen molar-refractivity contribution in [3.8, 4) is 0 Å². The van der Waals surface area contributed by atoms with Crippen LogP contribution in [-0.2, 0) is 6.42 Å². The highest BCUT2D eigenvalue weighted by Gasteiger charge is 2.30. The highest BCUT2D eigenvalue weighted by atomic mass is 35.5.